The van der Waals surface area contributed by atoms with Gasteiger partial charge in [-0.25, -0.2) is 0 Å². The topological polar surface area (TPSA) is 62.4 Å². The fraction of sp³-hybridized carbons (Fsp3) is 0.467. The van der Waals surface area contributed by atoms with Crippen molar-refractivity contribution in [2.75, 3.05) is 13.1 Å². The second kappa shape index (κ2) is 5.87. The lowest BCUT2D eigenvalue weighted by Crippen LogP contribution is -2.45. The van der Waals surface area contributed by atoms with Crippen LogP contribution >= 0.6 is 15.9 Å². The molecule has 3 rings (SSSR count). The number of rotatable bonds is 3. The van der Waals surface area contributed by atoms with Crippen LogP contribution in [0, 0.1) is 0 Å². The number of likely N-dealkylation sites (tertiary alicyclic amines) is 1. The van der Waals surface area contributed by atoms with E-state index < -0.39 is 5.60 Å². The first-order valence-electron chi connectivity index (χ1n) is 7.05. The van der Waals surface area contributed by atoms with Crippen molar-refractivity contribution >= 4 is 15.9 Å². The van der Waals surface area contributed by atoms with E-state index in [0.717, 1.165) is 29.4 Å². The molecule has 0 saturated carbocycles. The molecule has 0 radical (unpaired) electrons. The Morgan fingerprint density at radius 3 is 3.10 bits per heavy atom. The van der Waals surface area contributed by atoms with Gasteiger partial charge < -0.3 is 9.63 Å². The average Bonchev–Trinajstić information content (AvgIpc) is 2.86. The van der Waals surface area contributed by atoms with Gasteiger partial charge in [0.25, 0.3) is 0 Å². The summed E-state index contributed by atoms with van der Waals surface area (Å²) >= 11 is 3.44. The first-order valence-corrected chi connectivity index (χ1v) is 7.84. The van der Waals surface area contributed by atoms with Crippen molar-refractivity contribution in [3.05, 3.63) is 34.6 Å². The number of hydrogen-bond acceptors (Lipinski definition) is 5. The molecule has 1 aromatic heterocycles. The number of piperidine rings is 1. The molecule has 2 aromatic rings. The Bertz CT molecular complexity index is 627. The first-order chi connectivity index (χ1) is 10.0. The molecule has 112 valence electrons. The highest BCUT2D eigenvalue weighted by Crippen LogP contribution is 2.23. The highest BCUT2D eigenvalue weighted by molar-refractivity contribution is 9.10. The summed E-state index contributed by atoms with van der Waals surface area (Å²) in [7, 11) is 0. The second-order valence-corrected chi connectivity index (χ2v) is 6.75. The van der Waals surface area contributed by atoms with Crippen molar-refractivity contribution in [2.45, 2.75) is 31.9 Å². The smallest absolute Gasteiger partial charge is 0.241 e. The van der Waals surface area contributed by atoms with E-state index >= 15 is 0 Å². The number of benzene rings is 1. The summed E-state index contributed by atoms with van der Waals surface area (Å²) in [6.45, 7) is 4.05. The lowest BCUT2D eigenvalue weighted by atomic mass is 9.95. The number of nitrogens with zero attached hydrogens (tertiary/aromatic N) is 3. The molecule has 0 bridgehead atoms. The highest BCUT2D eigenvalue weighted by atomic mass is 79.9. The Kier molecular flexibility index (Phi) is 4.10. The minimum Gasteiger partial charge on any atom is -0.389 e. The molecule has 0 spiro atoms. The van der Waals surface area contributed by atoms with E-state index in [-0.39, 0.29) is 0 Å². The molecule has 1 fully saturated rings. The van der Waals surface area contributed by atoms with Crippen LogP contribution in [0.4, 0.5) is 0 Å². The SMILES string of the molecule is CC1(O)CCCN(Cc2nc(-c3cccc(Br)c3)no2)C1. The van der Waals surface area contributed by atoms with Gasteiger partial charge in [0.05, 0.1) is 12.1 Å². The van der Waals surface area contributed by atoms with Crippen LogP contribution in [0.3, 0.4) is 0 Å². The van der Waals surface area contributed by atoms with E-state index in [1.165, 1.54) is 0 Å². The van der Waals surface area contributed by atoms with Crippen molar-refractivity contribution in [3.63, 3.8) is 0 Å². The number of aromatic nitrogens is 2. The lowest BCUT2D eigenvalue weighted by molar-refractivity contribution is -0.0207. The van der Waals surface area contributed by atoms with Crippen LogP contribution in [0.25, 0.3) is 11.4 Å². The molecular formula is C15H18BrN3O2. The van der Waals surface area contributed by atoms with Crippen molar-refractivity contribution in [1.29, 1.82) is 0 Å². The molecule has 0 amide bonds. The number of aliphatic hydroxyl groups is 1. The zero-order valence-corrected chi connectivity index (χ0v) is 13.5. The summed E-state index contributed by atoms with van der Waals surface area (Å²) in [5.74, 6) is 1.18. The summed E-state index contributed by atoms with van der Waals surface area (Å²) in [5, 5.41) is 14.2. The quantitative estimate of drug-likeness (QED) is 0.920. The maximum absolute atomic E-state index is 10.1. The van der Waals surface area contributed by atoms with Gasteiger partial charge in [-0.15, -0.1) is 0 Å². The van der Waals surface area contributed by atoms with Crippen molar-refractivity contribution in [3.8, 4) is 11.4 Å². The van der Waals surface area contributed by atoms with E-state index in [2.05, 4.69) is 31.0 Å². The van der Waals surface area contributed by atoms with E-state index in [1.54, 1.807) is 0 Å². The van der Waals surface area contributed by atoms with Crippen LogP contribution in [-0.2, 0) is 6.54 Å². The van der Waals surface area contributed by atoms with Crippen molar-refractivity contribution in [2.24, 2.45) is 0 Å². The van der Waals surface area contributed by atoms with Crippen LogP contribution < -0.4 is 0 Å². The van der Waals surface area contributed by atoms with E-state index in [4.69, 9.17) is 4.52 Å². The Morgan fingerprint density at radius 1 is 1.48 bits per heavy atom. The van der Waals surface area contributed by atoms with Gasteiger partial charge in [0.15, 0.2) is 0 Å². The maximum atomic E-state index is 10.1. The van der Waals surface area contributed by atoms with Crippen molar-refractivity contribution < 1.29 is 9.63 Å². The van der Waals surface area contributed by atoms with Gasteiger partial charge in [-0.2, -0.15) is 4.98 Å². The van der Waals surface area contributed by atoms with Crippen LogP contribution in [0.1, 0.15) is 25.7 Å². The largest absolute Gasteiger partial charge is 0.389 e. The molecule has 6 heteroatoms. The fourth-order valence-corrected chi connectivity index (χ4v) is 3.11. The molecule has 1 aliphatic rings. The van der Waals surface area contributed by atoms with Gasteiger partial charge in [-0.3, -0.25) is 4.90 Å². The molecule has 1 aromatic carbocycles. The molecule has 1 aliphatic heterocycles. The minimum atomic E-state index is -0.620. The van der Waals surface area contributed by atoms with Gasteiger partial charge in [0, 0.05) is 16.6 Å². The summed E-state index contributed by atoms with van der Waals surface area (Å²) in [4.78, 5) is 6.60. The third kappa shape index (κ3) is 3.70. The Morgan fingerprint density at radius 2 is 2.33 bits per heavy atom. The normalized spacial score (nSPS) is 23.4. The first kappa shape index (κ1) is 14.7. The second-order valence-electron chi connectivity index (χ2n) is 5.83. The van der Waals surface area contributed by atoms with Gasteiger partial charge in [-0.05, 0) is 38.4 Å². The predicted octanol–water partition coefficient (Wildman–Crippen LogP) is 2.85. The van der Waals surface area contributed by atoms with Gasteiger partial charge in [-0.1, -0.05) is 33.2 Å². The van der Waals surface area contributed by atoms with E-state index in [1.807, 2.05) is 31.2 Å². The minimum absolute atomic E-state index is 0.581. The molecule has 1 saturated heterocycles. The maximum Gasteiger partial charge on any atom is 0.241 e. The highest BCUT2D eigenvalue weighted by Gasteiger charge is 2.29. The lowest BCUT2D eigenvalue weighted by Gasteiger charge is -2.35. The number of β-amino-alcohol motifs (C(OH)–C–C–N with tert-alkyl or cyclic N) is 1. The number of hydrogen-bond donors (Lipinski definition) is 1. The third-order valence-corrected chi connectivity index (χ3v) is 4.16. The molecular weight excluding hydrogens is 334 g/mol. The van der Waals surface area contributed by atoms with Crippen molar-refractivity contribution in [1.82, 2.24) is 15.0 Å². The Hall–Kier alpha value is -1.24. The predicted molar refractivity (Wildman–Crippen MR) is 82.6 cm³/mol. The molecule has 0 aliphatic carbocycles. The van der Waals surface area contributed by atoms with Crippen LogP contribution in [-0.4, -0.2) is 38.8 Å². The molecule has 1 unspecified atom stereocenters. The number of halogens is 1. The zero-order valence-electron chi connectivity index (χ0n) is 11.9. The molecule has 5 nitrogen and oxygen atoms in total. The molecule has 21 heavy (non-hydrogen) atoms. The van der Waals surface area contributed by atoms with Gasteiger partial charge in [0.2, 0.25) is 11.7 Å². The summed E-state index contributed by atoms with van der Waals surface area (Å²) in [6, 6.07) is 7.81. The fourth-order valence-electron chi connectivity index (χ4n) is 2.71. The molecule has 1 N–H and O–H groups in total. The average molecular weight is 352 g/mol. The summed E-state index contributed by atoms with van der Waals surface area (Å²) in [5.41, 5.74) is 0.302. The zero-order chi connectivity index (χ0) is 14.9. The van der Waals surface area contributed by atoms with Gasteiger partial charge in [0.1, 0.15) is 0 Å². The third-order valence-electron chi connectivity index (χ3n) is 3.66. The van der Waals surface area contributed by atoms with Crippen LogP contribution in [0.5, 0.6) is 0 Å². The standard InChI is InChI=1S/C15H18BrN3O2/c1-15(20)6-3-7-19(10-15)9-13-17-14(18-21-13)11-4-2-5-12(16)8-11/h2,4-5,8,20H,3,6-7,9-10H2,1H3. The van der Waals surface area contributed by atoms with E-state index in [0.29, 0.717) is 24.8 Å². The van der Waals surface area contributed by atoms with Gasteiger partial charge >= 0.3 is 0 Å². The monoisotopic (exact) mass is 351 g/mol. The summed E-state index contributed by atoms with van der Waals surface area (Å²) < 4.78 is 6.31. The summed E-state index contributed by atoms with van der Waals surface area (Å²) in [6.07, 6.45) is 1.83. The van der Waals surface area contributed by atoms with Crippen LogP contribution in [0.15, 0.2) is 33.3 Å². The van der Waals surface area contributed by atoms with Crippen LogP contribution in [0.2, 0.25) is 0 Å². The molecule has 1 atom stereocenters. The molecule has 2 heterocycles. The Labute approximate surface area is 132 Å². The van der Waals surface area contributed by atoms with E-state index in [9.17, 15) is 5.11 Å². The Balaban J connectivity index is 1.71.